The molecule has 0 saturated carbocycles. The molecule has 1 N–H and O–H groups in total. The van der Waals surface area contributed by atoms with E-state index in [0.717, 1.165) is 11.4 Å². The van der Waals surface area contributed by atoms with E-state index in [1.54, 1.807) is 62.0 Å². The summed E-state index contributed by atoms with van der Waals surface area (Å²) in [7, 11) is 3.53. The first-order valence-electron chi connectivity index (χ1n) is 11.6. The standard InChI is InChI=1S/C27H30N4O5/c1-6-35-19-13-11-18(12-14-19)25(33)29-24(17(2)3)27(34)36-16-23(32)20(15-28)26-30(4)21-9-7-8-10-22(21)31(26)5/h7-14,17,24H,6,16H2,1-5H3,(H,29,33)/t24-/m0/s1. The van der Waals surface area contributed by atoms with Crippen LogP contribution in [0.2, 0.25) is 0 Å². The van der Waals surface area contributed by atoms with Crippen LogP contribution in [0.1, 0.15) is 31.1 Å². The number of esters is 1. The largest absolute Gasteiger partial charge is 0.494 e. The van der Waals surface area contributed by atoms with Gasteiger partial charge in [-0.1, -0.05) is 26.0 Å². The van der Waals surface area contributed by atoms with E-state index in [4.69, 9.17) is 9.47 Å². The Morgan fingerprint density at radius 2 is 1.58 bits per heavy atom. The molecule has 3 rings (SSSR count). The first kappa shape index (κ1) is 26.3. The van der Waals surface area contributed by atoms with Crippen molar-refractivity contribution < 1.29 is 23.9 Å². The van der Waals surface area contributed by atoms with Crippen LogP contribution in [0.25, 0.3) is 0 Å². The minimum Gasteiger partial charge on any atom is -0.494 e. The quantitative estimate of drug-likeness (QED) is 0.324. The van der Waals surface area contributed by atoms with Gasteiger partial charge in [-0.25, -0.2) is 4.79 Å². The van der Waals surface area contributed by atoms with Crippen LogP contribution in [-0.2, 0) is 14.3 Å². The molecule has 1 aliphatic heterocycles. The van der Waals surface area contributed by atoms with Crippen molar-refractivity contribution in [2.45, 2.75) is 26.8 Å². The second kappa shape index (κ2) is 11.4. The van der Waals surface area contributed by atoms with Crippen molar-refractivity contribution in [3.8, 4) is 11.8 Å². The molecule has 36 heavy (non-hydrogen) atoms. The number of nitriles is 1. The maximum absolute atomic E-state index is 12.9. The van der Waals surface area contributed by atoms with Gasteiger partial charge >= 0.3 is 5.97 Å². The number of carbonyl (C=O) groups excluding carboxylic acids is 3. The Labute approximate surface area is 210 Å². The lowest BCUT2D eigenvalue weighted by Gasteiger charge is -2.22. The smallest absolute Gasteiger partial charge is 0.329 e. The number of fused-ring (bicyclic) bond motifs is 1. The zero-order valence-corrected chi connectivity index (χ0v) is 21.1. The maximum Gasteiger partial charge on any atom is 0.329 e. The highest BCUT2D eigenvalue weighted by Gasteiger charge is 2.32. The predicted octanol–water partition coefficient (Wildman–Crippen LogP) is 3.27. The molecular formula is C27H30N4O5. The summed E-state index contributed by atoms with van der Waals surface area (Å²) in [6.45, 7) is 5.27. The van der Waals surface area contributed by atoms with Crippen LogP contribution in [0.15, 0.2) is 59.9 Å². The van der Waals surface area contributed by atoms with E-state index in [2.05, 4.69) is 5.32 Å². The van der Waals surface area contributed by atoms with Crippen molar-refractivity contribution in [3.05, 3.63) is 65.5 Å². The number of hydrogen-bond acceptors (Lipinski definition) is 8. The lowest BCUT2D eigenvalue weighted by Crippen LogP contribution is -2.45. The van der Waals surface area contributed by atoms with Crippen molar-refractivity contribution in [2.24, 2.45) is 5.92 Å². The van der Waals surface area contributed by atoms with Gasteiger partial charge in [-0.3, -0.25) is 9.59 Å². The van der Waals surface area contributed by atoms with Gasteiger partial charge in [-0.05, 0) is 49.2 Å². The maximum atomic E-state index is 12.9. The number of Topliss-reactive ketones (excluding diaryl/α,β-unsaturated/α-hetero) is 1. The van der Waals surface area contributed by atoms with E-state index in [0.29, 0.717) is 23.7 Å². The van der Waals surface area contributed by atoms with E-state index in [9.17, 15) is 19.6 Å². The number of ketones is 1. The monoisotopic (exact) mass is 490 g/mol. The van der Waals surface area contributed by atoms with E-state index >= 15 is 0 Å². The van der Waals surface area contributed by atoms with E-state index in [-0.39, 0.29) is 11.5 Å². The lowest BCUT2D eigenvalue weighted by atomic mass is 10.0. The Morgan fingerprint density at radius 3 is 2.08 bits per heavy atom. The normalized spacial score (nSPS) is 13.1. The molecule has 2 aromatic rings. The van der Waals surface area contributed by atoms with Crippen LogP contribution >= 0.6 is 0 Å². The first-order valence-corrected chi connectivity index (χ1v) is 11.6. The molecule has 0 fully saturated rings. The highest BCUT2D eigenvalue weighted by Crippen LogP contribution is 2.40. The Morgan fingerprint density at radius 1 is 1.00 bits per heavy atom. The van der Waals surface area contributed by atoms with E-state index in [1.165, 1.54) is 0 Å². The first-order chi connectivity index (χ1) is 17.2. The third-order valence-electron chi connectivity index (χ3n) is 5.83. The second-order valence-electron chi connectivity index (χ2n) is 8.60. The van der Waals surface area contributed by atoms with Crippen LogP contribution in [0.3, 0.4) is 0 Å². The average molecular weight is 491 g/mol. The topological polar surface area (TPSA) is 112 Å². The summed E-state index contributed by atoms with van der Waals surface area (Å²) in [5.41, 5.74) is 1.94. The molecule has 1 heterocycles. The Hall–Kier alpha value is -4.32. The van der Waals surface area contributed by atoms with Crippen LogP contribution in [0.4, 0.5) is 11.4 Å². The molecule has 0 bridgehead atoms. The number of hydrogen-bond donors (Lipinski definition) is 1. The van der Waals surface area contributed by atoms with Crippen LogP contribution in [0, 0.1) is 17.2 Å². The summed E-state index contributed by atoms with van der Waals surface area (Å²) in [4.78, 5) is 41.9. The fourth-order valence-corrected chi connectivity index (χ4v) is 3.95. The molecule has 1 amide bonds. The summed E-state index contributed by atoms with van der Waals surface area (Å²) < 4.78 is 10.6. The molecule has 0 aromatic heterocycles. The Kier molecular flexibility index (Phi) is 8.33. The molecule has 1 aliphatic rings. The van der Waals surface area contributed by atoms with Crippen LogP contribution < -0.4 is 19.9 Å². The molecule has 0 aliphatic carbocycles. The molecule has 1 atom stereocenters. The molecule has 9 heteroatoms. The third kappa shape index (κ3) is 5.49. The van der Waals surface area contributed by atoms with Crippen molar-refractivity contribution in [2.75, 3.05) is 37.1 Å². The fourth-order valence-electron chi connectivity index (χ4n) is 3.95. The highest BCUT2D eigenvalue weighted by molar-refractivity contribution is 6.04. The van der Waals surface area contributed by atoms with Gasteiger partial charge in [0.05, 0.1) is 18.0 Å². The number of ether oxygens (including phenoxy) is 2. The number of amides is 1. The fraction of sp³-hybridized carbons (Fsp3) is 0.333. The molecule has 0 unspecified atom stereocenters. The van der Waals surface area contributed by atoms with E-state index in [1.807, 2.05) is 37.3 Å². The minimum absolute atomic E-state index is 0.122. The van der Waals surface area contributed by atoms with Crippen LogP contribution in [-0.4, -0.2) is 51.0 Å². The number of para-hydroxylation sites is 2. The van der Waals surface area contributed by atoms with Gasteiger partial charge in [0.2, 0.25) is 5.78 Å². The molecule has 0 spiro atoms. The van der Waals surface area contributed by atoms with Crippen molar-refractivity contribution in [3.63, 3.8) is 0 Å². The third-order valence-corrected chi connectivity index (χ3v) is 5.83. The zero-order chi connectivity index (χ0) is 26.4. The minimum atomic E-state index is -0.976. The van der Waals surface area contributed by atoms with Crippen molar-refractivity contribution >= 4 is 29.0 Å². The molecule has 9 nitrogen and oxygen atoms in total. The molecule has 2 aromatic carbocycles. The molecule has 0 radical (unpaired) electrons. The summed E-state index contributed by atoms with van der Waals surface area (Å²) >= 11 is 0. The van der Waals surface area contributed by atoms with Gasteiger partial charge in [0.25, 0.3) is 5.91 Å². The number of rotatable bonds is 9. The Balaban J connectivity index is 1.69. The molecular weight excluding hydrogens is 460 g/mol. The molecule has 0 saturated heterocycles. The summed E-state index contributed by atoms with van der Waals surface area (Å²) in [6, 6.07) is 15.0. The van der Waals surface area contributed by atoms with Gasteiger partial charge in [0.1, 0.15) is 29.3 Å². The van der Waals surface area contributed by atoms with Gasteiger partial charge in [0.15, 0.2) is 6.61 Å². The number of nitrogens with zero attached hydrogens (tertiary/aromatic N) is 3. The van der Waals surface area contributed by atoms with Gasteiger partial charge in [-0.15, -0.1) is 0 Å². The Bertz CT molecular complexity index is 1180. The van der Waals surface area contributed by atoms with Gasteiger partial charge in [0, 0.05) is 19.7 Å². The zero-order valence-electron chi connectivity index (χ0n) is 21.1. The number of anilines is 2. The number of nitrogens with one attached hydrogen (secondary N) is 1. The summed E-state index contributed by atoms with van der Waals surface area (Å²) in [5.74, 6) is -1.09. The average Bonchev–Trinajstić information content (AvgIpc) is 3.12. The predicted molar refractivity (Wildman–Crippen MR) is 136 cm³/mol. The summed E-state index contributed by atoms with van der Waals surface area (Å²) in [6.07, 6.45) is 0. The SMILES string of the molecule is CCOc1ccc(C(=O)N[C@H](C(=O)OCC(=O)C(C#N)=C2N(C)c3ccccc3N2C)C(C)C)cc1. The van der Waals surface area contributed by atoms with Crippen LogP contribution in [0.5, 0.6) is 5.75 Å². The van der Waals surface area contributed by atoms with Crippen molar-refractivity contribution in [1.82, 2.24) is 5.32 Å². The van der Waals surface area contributed by atoms with Gasteiger partial charge in [-0.2, -0.15) is 5.26 Å². The van der Waals surface area contributed by atoms with Crippen molar-refractivity contribution in [1.29, 1.82) is 5.26 Å². The number of carbonyl (C=O) groups is 3. The van der Waals surface area contributed by atoms with Gasteiger partial charge < -0.3 is 24.6 Å². The number of benzene rings is 2. The highest BCUT2D eigenvalue weighted by atomic mass is 16.5. The molecule has 188 valence electrons. The second-order valence-corrected chi connectivity index (χ2v) is 8.60. The lowest BCUT2D eigenvalue weighted by molar-refractivity contribution is -0.150. The van der Waals surface area contributed by atoms with E-state index < -0.39 is 30.3 Å². The summed E-state index contributed by atoms with van der Waals surface area (Å²) in [5, 5.41) is 12.4.